The second kappa shape index (κ2) is 11.7. The Morgan fingerprint density at radius 2 is 2.00 bits per heavy atom. The van der Waals surface area contributed by atoms with Crippen LogP contribution in [0.4, 0.5) is 10.2 Å². The Bertz CT molecular complexity index is 987. The van der Waals surface area contributed by atoms with Crippen molar-refractivity contribution < 1.29 is 9.18 Å². The highest BCUT2D eigenvalue weighted by Crippen LogP contribution is 2.39. The fraction of sp³-hybridized carbons (Fsp3) is 0.458. The van der Waals surface area contributed by atoms with Crippen molar-refractivity contribution in [2.45, 2.75) is 52.0 Å². The Kier molecular flexibility index (Phi) is 8.97. The van der Waals surface area contributed by atoms with E-state index >= 15 is 0 Å². The monoisotopic (exact) mass is 491 g/mol. The van der Waals surface area contributed by atoms with Gasteiger partial charge >= 0.3 is 0 Å². The van der Waals surface area contributed by atoms with Crippen molar-refractivity contribution in [3.63, 3.8) is 0 Å². The molecule has 178 valence electrons. The maximum Gasteiger partial charge on any atom is 0.271 e. The maximum absolute atomic E-state index is 13.7. The van der Waals surface area contributed by atoms with Gasteiger partial charge in [-0.1, -0.05) is 44.7 Å². The van der Waals surface area contributed by atoms with Gasteiger partial charge in [-0.25, -0.2) is 14.4 Å². The van der Waals surface area contributed by atoms with E-state index in [0.29, 0.717) is 30.5 Å². The van der Waals surface area contributed by atoms with Crippen LogP contribution in [0.5, 0.6) is 0 Å². The minimum atomic E-state index is -0.290. The number of anilines is 1. The molecule has 1 amide bonds. The van der Waals surface area contributed by atoms with E-state index in [9.17, 15) is 9.18 Å². The summed E-state index contributed by atoms with van der Waals surface area (Å²) in [5.74, 6) is 0.667. The lowest BCUT2D eigenvalue weighted by atomic mass is 9.90. The molecule has 2 aliphatic heterocycles. The van der Waals surface area contributed by atoms with Gasteiger partial charge in [0.15, 0.2) is 0 Å². The summed E-state index contributed by atoms with van der Waals surface area (Å²) in [6.07, 6.45) is 3.62. The number of amides is 1. The zero-order chi connectivity index (χ0) is 24.0. The van der Waals surface area contributed by atoms with E-state index < -0.39 is 0 Å². The van der Waals surface area contributed by atoms with Crippen LogP contribution >= 0.6 is 23.4 Å². The predicted octanol–water partition coefficient (Wildman–Crippen LogP) is 5.39. The van der Waals surface area contributed by atoms with Gasteiger partial charge in [-0.3, -0.25) is 4.79 Å². The van der Waals surface area contributed by atoms with Crippen molar-refractivity contribution in [3.05, 3.63) is 58.9 Å². The van der Waals surface area contributed by atoms with E-state index in [-0.39, 0.29) is 28.4 Å². The van der Waals surface area contributed by atoms with Crippen LogP contribution in [-0.2, 0) is 4.79 Å². The van der Waals surface area contributed by atoms with Gasteiger partial charge in [0, 0.05) is 24.2 Å². The number of likely N-dealkylation sites (tertiary alicyclic amines) is 1. The summed E-state index contributed by atoms with van der Waals surface area (Å²) in [4.78, 5) is 24.6. The first-order chi connectivity index (χ1) is 15.9. The fourth-order valence-corrected chi connectivity index (χ4v) is 5.32. The zero-order valence-corrected chi connectivity index (χ0v) is 21.0. The van der Waals surface area contributed by atoms with E-state index in [1.807, 2.05) is 25.7 Å². The highest BCUT2D eigenvalue weighted by Gasteiger charge is 2.36. The third-order valence-electron chi connectivity index (χ3n) is 5.68. The molecule has 2 aromatic rings. The average molecular weight is 492 g/mol. The second-order valence-corrected chi connectivity index (χ2v) is 9.58. The molecule has 0 aliphatic carbocycles. The molecule has 6 nitrogen and oxygen atoms in total. The van der Waals surface area contributed by atoms with E-state index in [1.54, 1.807) is 36.2 Å². The number of halogens is 2. The summed E-state index contributed by atoms with van der Waals surface area (Å²) in [6, 6.07) is 8.08. The number of thioether (sulfide) groups is 1. The number of hydrogen-bond acceptors (Lipinski definition) is 6. The molecule has 1 aromatic heterocycles. The molecule has 2 aliphatic rings. The van der Waals surface area contributed by atoms with Crippen LogP contribution < -0.4 is 10.6 Å². The van der Waals surface area contributed by atoms with Crippen molar-refractivity contribution in [2.24, 2.45) is 5.92 Å². The van der Waals surface area contributed by atoms with Gasteiger partial charge in [0.1, 0.15) is 17.3 Å². The van der Waals surface area contributed by atoms with E-state index in [0.717, 1.165) is 23.3 Å². The summed E-state index contributed by atoms with van der Waals surface area (Å²) in [5.41, 5.74) is 1.44. The summed E-state index contributed by atoms with van der Waals surface area (Å²) in [5, 5.41) is 6.89. The number of piperidine rings is 1. The number of carbonyl (C=O) groups excluding carboxylic acids is 1. The molecule has 4 rings (SSSR count). The zero-order valence-electron chi connectivity index (χ0n) is 19.4. The number of nitrogens with zero attached hydrogens (tertiary/aromatic N) is 3. The standard InChI is InChI=1S/C22H25ClFN5OS.C2H6/c1-13-4-3-11-29(17(13)12-26-18-9-10-25-22(23)28-18)21(30)19-20(31-14(2)27-19)15-5-7-16(24)8-6-15;1-2/h5-10,13-14,17,27H,3-4,11-12H2,1-2H3,(H,25,26,28);1-2H3/t13-,14?,17-;/m1./s1. The van der Waals surface area contributed by atoms with Crippen LogP contribution in [0.2, 0.25) is 5.28 Å². The third kappa shape index (κ3) is 6.18. The number of benzene rings is 1. The van der Waals surface area contributed by atoms with Gasteiger partial charge in [-0.15, -0.1) is 0 Å². The van der Waals surface area contributed by atoms with Crippen LogP contribution in [0.3, 0.4) is 0 Å². The largest absolute Gasteiger partial charge is 0.368 e. The van der Waals surface area contributed by atoms with Crippen LogP contribution in [0.1, 0.15) is 46.1 Å². The smallest absolute Gasteiger partial charge is 0.271 e. The van der Waals surface area contributed by atoms with E-state index in [4.69, 9.17) is 11.6 Å². The molecule has 1 fully saturated rings. The van der Waals surface area contributed by atoms with Crippen LogP contribution in [0, 0.1) is 11.7 Å². The summed E-state index contributed by atoms with van der Waals surface area (Å²) in [6.45, 7) is 9.46. The normalized spacial score (nSPS) is 22.4. The lowest BCUT2D eigenvalue weighted by Gasteiger charge is -2.40. The van der Waals surface area contributed by atoms with E-state index in [1.165, 1.54) is 12.1 Å². The number of aromatic nitrogens is 2. The van der Waals surface area contributed by atoms with Gasteiger partial charge in [0.05, 0.1) is 11.4 Å². The average Bonchev–Trinajstić information content (AvgIpc) is 3.21. The van der Waals surface area contributed by atoms with Gasteiger partial charge in [-0.2, -0.15) is 0 Å². The highest BCUT2D eigenvalue weighted by molar-refractivity contribution is 8.09. The van der Waals surface area contributed by atoms with Gasteiger partial charge in [-0.05, 0) is 61.0 Å². The van der Waals surface area contributed by atoms with Crippen molar-refractivity contribution >= 4 is 40.0 Å². The molecule has 9 heteroatoms. The molecular weight excluding hydrogens is 461 g/mol. The minimum absolute atomic E-state index is 0.0136. The molecule has 0 saturated carbocycles. The third-order valence-corrected chi connectivity index (χ3v) is 7.01. The first-order valence-electron chi connectivity index (χ1n) is 11.4. The molecule has 0 bridgehead atoms. The predicted molar refractivity (Wildman–Crippen MR) is 134 cm³/mol. The summed E-state index contributed by atoms with van der Waals surface area (Å²) < 4.78 is 13.4. The highest BCUT2D eigenvalue weighted by atomic mass is 35.5. The second-order valence-electron chi connectivity index (χ2n) is 7.89. The van der Waals surface area contributed by atoms with Crippen molar-refractivity contribution in [2.75, 3.05) is 18.4 Å². The topological polar surface area (TPSA) is 70.2 Å². The number of rotatable bonds is 5. The number of hydrogen-bond donors (Lipinski definition) is 2. The fourth-order valence-electron chi connectivity index (χ4n) is 4.11. The molecule has 1 unspecified atom stereocenters. The Morgan fingerprint density at radius 3 is 2.70 bits per heavy atom. The van der Waals surface area contributed by atoms with Gasteiger partial charge < -0.3 is 15.5 Å². The molecule has 1 aromatic carbocycles. The lowest BCUT2D eigenvalue weighted by molar-refractivity contribution is -0.132. The molecule has 0 radical (unpaired) electrons. The molecular formula is C24H31ClFN5OS. The Labute approximate surface area is 204 Å². The summed E-state index contributed by atoms with van der Waals surface area (Å²) in [7, 11) is 0. The first kappa shape index (κ1) is 25.3. The minimum Gasteiger partial charge on any atom is -0.368 e. The quantitative estimate of drug-likeness (QED) is 0.547. The molecule has 2 N–H and O–H groups in total. The molecule has 1 saturated heterocycles. The Morgan fingerprint density at radius 1 is 1.27 bits per heavy atom. The van der Waals surface area contributed by atoms with Gasteiger partial charge in [0.25, 0.3) is 5.91 Å². The van der Waals surface area contributed by atoms with Crippen molar-refractivity contribution in [3.8, 4) is 0 Å². The summed E-state index contributed by atoms with van der Waals surface area (Å²) >= 11 is 7.48. The van der Waals surface area contributed by atoms with Crippen LogP contribution in [0.15, 0.2) is 42.2 Å². The Hall–Kier alpha value is -2.32. The van der Waals surface area contributed by atoms with Crippen molar-refractivity contribution in [1.82, 2.24) is 20.2 Å². The molecule has 33 heavy (non-hydrogen) atoms. The van der Waals surface area contributed by atoms with E-state index in [2.05, 4.69) is 27.5 Å². The van der Waals surface area contributed by atoms with Crippen molar-refractivity contribution in [1.29, 1.82) is 0 Å². The first-order valence-corrected chi connectivity index (χ1v) is 12.6. The molecule has 0 spiro atoms. The SMILES string of the molecule is CC.CC1NC(C(=O)N2CCC[C@@H](C)[C@H]2CNc2ccnc(Cl)n2)=C(c2ccc(F)cc2)S1. The molecule has 3 heterocycles. The van der Waals surface area contributed by atoms with Crippen LogP contribution in [-0.4, -0.2) is 45.3 Å². The van der Waals surface area contributed by atoms with Crippen LogP contribution in [0.25, 0.3) is 4.91 Å². The number of carbonyl (C=O) groups is 1. The lowest BCUT2D eigenvalue weighted by Crippen LogP contribution is -2.52. The molecule has 3 atom stereocenters. The number of nitrogens with one attached hydrogen (secondary N) is 2. The van der Waals surface area contributed by atoms with Gasteiger partial charge in [0.2, 0.25) is 5.28 Å². The Balaban J connectivity index is 0.00000149. The maximum atomic E-state index is 13.7.